The number of aromatic nitrogens is 1. The summed E-state index contributed by atoms with van der Waals surface area (Å²) in [7, 11) is 1.24. The minimum atomic E-state index is -0.528. The molecular formula is C16H15N3O4. The summed E-state index contributed by atoms with van der Waals surface area (Å²) in [6, 6.07) is 9.51. The number of anilines is 1. The fourth-order valence-corrected chi connectivity index (χ4v) is 1.74. The molecule has 0 unspecified atom stereocenters. The van der Waals surface area contributed by atoms with Crippen LogP contribution in [0.4, 0.5) is 5.69 Å². The van der Waals surface area contributed by atoms with Crippen LogP contribution in [0.25, 0.3) is 0 Å². The standard InChI is InChI=1S/C16H15N3O4/c1-23-14(20)10-18-15(21)11-2-4-13(5-3-11)19-16(22)12-6-8-17-9-7-12/h2-9H,10H2,1H3,(H,18,21)(H,19,22). The Balaban J connectivity index is 1.95. The maximum atomic E-state index is 12.0. The maximum Gasteiger partial charge on any atom is 0.325 e. The molecule has 0 bridgehead atoms. The Kier molecular flexibility index (Phi) is 5.40. The Morgan fingerprint density at radius 2 is 1.57 bits per heavy atom. The van der Waals surface area contributed by atoms with E-state index >= 15 is 0 Å². The first kappa shape index (κ1) is 16.2. The third-order valence-electron chi connectivity index (χ3n) is 2.97. The number of rotatable bonds is 5. The van der Waals surface area contributed by atoms with Gasteiger partial charge in [-0.3, -0.25) is 19.4 Å². The average molecular weight is 313 g/mol. The SMILES string of the molecule is COC(=O)CNC(=O)c1ccc(NC(=O)c2ccncc2)cc1. The highest BCUT2D eigenvalue weighted by molar-refractivity contribution is 6.04. The number of carbonyl (C=O) groups excluding carboxylic acids is 3. The molecule has 0 fully saturated rings. The van der Waals surface area contributed by atoms with Gasteiger partial charge in [0.05, 0.1) is 7.11 Å². The summed E-state index contributed by atoms with van der Waals surface area (Å²) >= 11 is 0. The van der Waals surface area contributed by atoms with Crippen molar-refractivity contribution < 1.29 is 19.1 Å². The number of ether oxygens (including phenoxy) is 1. The normalized spacial score (nSPS) is 9.78. The van der Waals surface area contributed by atoms with Gasteiger partial charge in [-0.15, -0.1) is 0 Å². The van der Waals surface area contributed by atoms with E-state index in [4.69, 9.17) is 0 Å². The molecule has 0 aliphatic heterocycles. The van der Waals surface area contributed by atoms with E-state index in [0.29, 0.717) is 16.8 Å². The lowest BCUT2D eigenvalue weighted by atomic mass is 10.2. The summed E-state index contributed by atoms with van der Waals surface area (Å²) in [5.74, 6) is -1.20. The zero-order chi connectivity index (χ0) is 16.7. The fraction of sp³-hybridized carbons (Fsp3) is 0.125. The van der Waals surface area contributed by atoms with Crippen LogP contribution in [0.15, 0.2) is 48.8 Å². The number of esters is 1. The first-order chi connectivity index (χ1) is 11.1. The molecule has 1 heterocycles. The molecule has 1 aromatic heterocycles. The van der Waals surface area contributed by atoms with Gasteiger partial charge in [0.25, 0.3) is 11.8 Å². The quantitative estimate of drug-likeness (QED) is 0.809. The van der Waals surface area contributed by atoms with Crippen molar-refractivity contribution in [2.75, 3.05) is 19.0 Å². The summed E-state index contributed by atoms with van der Waals surface area (Å²) in [5, 5.41) is 5.14. The van der Waals surface area contributed by atoms with Crippen LogP contribution in [0.2, 0.25) is 0 Å². The van der Waals surface area contributed by atoms with Gasteiger partial charge >= 0.3 is 5.97 Å². The van der Waals surface area contributed by atoms with E-state index in [9.17, 15) is 14.4 Å². The molecule has 7 nitrogen and oxygen atoms in total. The van der Waals surface area contributed by atoms with Crippen LogP contribution in [-0.2, 0) is 9.53 Å². The molecule has 0 spiro atoms. The molecule has 0 aliphatic rings. The van der Waals surface area contributed by atoms with Crippen LogP contribution in [-0.4, -0.2) is 36.4 Å². The van der Waals surface area contributed by atoms with Gasteiger partial charge in [-0.1, -0.05) is 0 Å². The Hall–Kier alpha value is -3.22. The van der Waals surface area contributed by atoms with Crippen molar-refractivity contribution in [3.8, 4) is 0 Å². The summed E-state index contributed by atoms with van der Waals surface area (Å²) in [6.07, 6.45) is 3.06. The first-order valence-electron chi connectivity index (χ1n) is 6.76. The Morgan fingerprint density at radius 1 is 0.957 bits per heavy atom. The van der Waals surface area contributed by atoms with Gasteiger partial charge < -0.3 is 15.4 Å². The second kappa shape index (κ2) is 7.69. The van der Waals surface area contributed by atoms with Gasteiger partial charge in [-0.05, 0) is 36.4 Å². The van der Waals surface area contributed by atoms with E-state index in [1.54, 1.807) is 36.4 Å². The van der Waals surface area contributed by atoms with Gasteiger partial charge in [0.2, 0.25) is 0 Å². The van der Waals surface area contributed by atoms with Crippen LogP contribution >= 0.6 is 0 Å². The van der Waals surface area contributed by atoms with Crippen molar-refractivity contribution in [2.24, 2.45) is 0 Å². The van der Waals surface area contributed by atoms with Crippen molar-refractivity contribution in [3.63, 3.8) is 0 Å². The molecule has 2 aromatic rings. The number of hydrogen-bond donors (Lipinski definition) is 2. The predicted molar refractivity (Wildman–Crippen MR) is 83.0 cm³/mol. The molecule has 0 aliphatic carbocycles. The summed E-state index contributed by atoms with van der Waals surface area (Å²) < 4.78 is 4.44. The van der Waals surface area contributed by atoms with Gasteiger partial charge in [0.15, 0.2) is 0 Å². The molecule has 0 saturated heterocycles. The third-order valence-corrected chi connectivity index (χ3v) is 2.97. The molecule has 0 saturated carbocycles. The van der Waals surface area contributed by atoms with Crippen LogP contribution in [0, 0.1) is 0 Å². The predicted octanol–water partition coefficient (Wildman–Crippen LogP) is 1.24. The Labute approximate surface area is 132 Å². The van der Waals surface area contributed by atoms with Crippen molar-refractivity contribution in [3.05, 3.63) is 59.9 Å². The average Bonchev–Trinajstić information content (AvgIpc) is 2.60. The number of nitrogens with one attached hydrogen (secondary N) is 2. The highest BCUT2D eigenvalue weighted by Gasteiger charge is 2.09. The van der Waals surface area contributed by atoms with E-state index in [2.05, 4.69) is 20.4 Å². The van der Waals surface area contributed by atoms with Crippen molar-refractivity contribution in [1.82, 2.24) is 10.3 Å². The molecule has 2 amide bonds. The topological polar surface area (TPSA) is 97.4 Å². The number of methoxy groups -OCH3 is 1. The molecule has 0 radical (unpaired) electrons. The lowest BCUT2D eigenvalue weighted by Crippen LogP contribution is -2.30. The molecule has 118 valence electrons. The maximum absolute atomic E-state index is 12.0. The van der Waals surface area contributed by atoms with E-state index in [-0.39, 0.29) is 12.5 Å². The van der Waals surface area contributed by atoms with Crippen molar-refractivity contribution in [2.45, 2.75) is 0 Å². The molecule has 2 rings (SSSR count). The fourth-order valence-electron chi connectivity index (χ4n) is 1.74. The largest absolute Gasteiger partial charge is 0.468 e. The summed E-state index contributed by atoms with van der Waals surface area (Å²) in [5.41, 5.74) is 1.41. The monoisotopic (exact) mass is 313 g/mol. The summed E-state index contributed by atoms with van der Waals surface area (Å²) in [4.78, 5) is 38.6. The van der Waals surface area contributed by atoms with Crippen molar-refractivity contribution >= 4 is 23.5 Å². The van der Waals surface area contributed by atoms with E-state index in [1.165, 1.54) is 19.5 Å². The lowest BCUT2D eigenvalue weighted by molar-refractivity contribution is -0.139. The van der Waals surface area contributed by atoms with Crippen LogP contribution < -0.4 is 10.6 Å². The van der Waals surface area contributed by atoms with E-state index in [0.717, 1.165) is 0 Å². The molecule has 7 heteroatoms. The van der Waals surface area contributed by atoms with E-state index in [1.807, 2.05) is 0 Å². The first-order valence-corrected chi connectivity index (χ1v) is 6.76. The molecule has 1 aromatic carbocycles. The van der Waals surface area contributed by atoms with Gasteiger partial charge in [0.1, 0.15) is 6.54 Å². The lowest BCUT2D eigenvalue weighted by Gasteiger charge is -2.07. The van der Waals surface area contributed by atoms with Gasteiger partial charge in [0, 0.05) is 29.2 Å². The number of benzene rings is 1. The molecule has 2 N–H and O–H groups in total. The van der Waals surface area contributed by atoms with Crippen LogP contribution in [0.1, 0.15) is 20.7 Å². The van der Waals surface area contributed by atoms with Gasteiger partial charge in [-0.2, -0.15) is 0 Å². The molecule has 0 atom stereocenters. The Morgan fingerprint density at radius 3 is 2.17 bits per heavy atom. The molecule has 23 heavy (non-hydrogen) atoms. The van der Waals surface area contributed by atoms with Crippen LogP contribution in [0.5, 0.6) is 0 Å². The minimum absolute atomic E-state index is 0.199. The highest BCUT2D eigenvalue weighted by Crippen LogP contribution is 2.11. The van der Waals surface area contributed by atoms with E-state index < -0.39 is 11.9 Å². The minimum Gasteiger partial charge on any atom is -0.468 e. The second-order valence-corrected chi connectivity index (χ2v) is 4.53. The number of amides is 2. The second-order valence-electron chi connectivity index (χ2n) is 4.53. The number of pyridine rings is 1. The smallest absolute Gasteiger partial charge is 0.325 e. The highest BCUT2D eigenvalue weighted by atomic mass is 16.5. The molecular weight excluding hydrogens is 298 g/mol. The summed E-state index contributed by atoms with van der Waals surface area (Å²) in [6.45, 7) is -0.199. The van der Waals surface area contributed by atoms with Crippen molar-refractivity contribution in [1.29, 1.82) is 0 Å². The number of hydrogen-bond acceptors (Lipinski definition) is 5. The van der Waals surface area contributed by atoms with Crippen LogP contribution in [0.3, 0.4) is 0 Å². The number of carbonyl (C=O) groups is 3. The van der Waals surface area contributed by atoms with Gasteiger partial charge in [-0.25, -0.2) is 0 Å². The zero-order valence-electron chi connectivity index (χ0n) is 12.4. The third kappa shape index (κ3) is 4.63. The number of nitrogens with zero attached hydrogens (tertiary/aromatic N) is 1. The Bertz CT molecular complexity index is 699. The zero-order valence-corrected chi connectivity index (χ0v) is 12.4.